The Morgan fingerprint density at radius 3 is 2.46 bits per heavy atom. The summed E-state index contributed by atoms with van der Waals surface area (Å²) in [5.41, 5.74) is 10.3. The standard InChI is InChI=1S/C48H58F2N10O/c1-7-36(57-20-22-58(23-21-57)38-26-41(49)47(42(50)27-38)39-15-13-31(2)52-34(39)5)17-19-59(30-61)37-14-16-43-46(28-37)60-18-11-9-8-10-12-45-40(29-51-56(45)6)44-25-35(24-32(3)53-44)33(4)54-48(60)55-43/h14,16,24-30,36,39,52H,2,4-5,7-13,15,17-23H2,1,3,6H3,(H,54,55)/t36-,39-/m0/s1. The van der Waals surface area contributed by atoms with Gasteiger partial charge in [-0.05, 0) is 94.3 Å². The average molecular weight is 829 g/mol. The van der Waals surface area contributed by atoms with Crippen molar-refractivity contribution in [2.24, 2.45) is 12.0 Å². The van der Waals surface area contributed by atoms with E-state index in [-0.39, 0.29) is 11.6 Å². The van der Waals surface area contributed by atoms with Gasteiger partial charge in [-0.15, -0.1) is 0 Å². The number of fused-ring (bicyclic) bond motifs is 7. The summed E-state index contributed by atoms with van der Waals surface area (Å²) in [5, 5.41) is 11.2. The molecule has 4 aromatic rings. The number of benzene rings is 2. The third-order valence-electron chi connectivity index (χ3n) is 12.9. The number of piperidine rings is 1. The minimum atomic E-state index is -0.535. The van der Waals surface area contributed by atoms with Gasteiger partial charge in [0.2, 0.25) is 12.4 Å². The van der Waals surface area contributed by atoms with Crippen molar-refractivity contribution in [2.45, 2.75) is 83.6 Å². The Bertz CT molecular complexity index is 2340. The molecule has 4 aliphatic heterocycles. The van der Waals surface area contributed by atoms with Gasteiger partial charge in [0, 0.05) is 109 Å². The molecule has 13 heteroatoms. The first-order valence-corrected chi connectivity index (χ1v) is 21.8. The Hall–Kier alpha value is -5.82. The molecule has 0 radical (unpaired) electrons. The monoisotopic (exact) mass is 828 g/mol. The highest BCUT2D eigenvalue weighted by Crippen LogP contribution is 2.39. The molecule has 61 heavy (non-hydrogen) atoms. The molecule has 0 aliphatic carbocycles. The third kappa shape index (κ3) is 8.84. The normalized spacial score (nSPS) is 20.0. The van der Waals surface area contributed by atoms with Crippen LogP contribution in [0.3, 0.4) is 0 Å². The third-order valence-corrected chi connectivity index (χ3v) is 12.9. The van der Waals surface area contributed by atoms with Crippen LogP contribution in [0, 0.1) is 18.6 Å². The number of halogens is 2. The molecule has 2 aromatic heterocycles. The molecular formula is C48H58F2N10O. The van der Waals surface area contributed by atoms with E-state index in [1.165, 1.54) is 17.8 Å². The predicted octanol–water partition coefficient (Wildman–Crippen LogP) is 8.89. The van der Waals surface area contributed by atoms with E-state index in [1.54, 1.807) is 4.90 Å². The van der Waals surface area contributed by atoms with E-state index in [9.17, 15) is 4.79 Å². The van der Waals surface area contributed by atoms with E-state index in [0.717, 1.165) is 116 Å². The molecule has 0 unspecified atom stereocenters. The number of guanidine groups is 1. The summed E-state index contributed by atoms with van der Waals surface area (Å²) in [5.74, 6) is -0.781. The summed E-state index contributed by atoms with van der Waals surface area (Å²) in [6, 6.07) is 13.4. The zero-order valence-corrected chi connectivity index (χ0v) is 35.8. The summed E-state index contributed by atoms with van der Waals surface area (Å²) in [6.07, 6.45) is 10.9. The van der Waals surface area contributed by atoms with Gasteiger partial charge in [-0.3, -0.25) is 19.4 Å². The van der Waals surface area contributed by atoms with E-state index in [0.29, 0.717) is 55.5 Å². The maximum Gasteiger partial charge on any atom is 0.214 e. The van der Waals surface area contributed by atoms with Crippen molar-refractivity contribution in [3.8, 4) is 11.3 Å². The molecule has 1 amide bonds. The number of hydrogen-bond donors (Lipinski definition) is 2. The number of carbonyl (C=O) groups is 1. The van der Waals surface area contributed by atoms with Crippen LogP contribution in [0.1, 0.15) is 86.7 Å². The number of aliphatic imine (C=N–C) groups is 1. The van der Waals surface area contributed by atoms with Gasteiger partial charge >= 0.3 is 0 Å². The van der Waals surface area contributed by atoms with Gasteiger partial charge < -0.3 is 25.3 Å². The van der Waals surface area contributed by atoms with Crippen LogP contribution >= 0.6 is 0 Å². The number of nitrogens with zero attached hydrogens (tertiary/aromatic N) is 8. The van der Waals surface area contributed by atoms with Gasteiger partial charge in [-0.25, -0.2) is 13.8 Å². The summed E-state index contributed by atoms with van der Waals surface area (Å²) in [6.45, 7) is 20.7. The number of anilines is 4. The Balaban J connectivity index is 0.934. The molecule has 0 saturated carbocycles. The summed E-state index contributed by atoms with van der Waals surface area (Å²) in [7, 11) is 2.00. The first kappa shape index (κ1) is 41.9. The number of carbonyl (C=O) groups excluding carboxylic acids is 1. The lowest BCUT2D eigenvalue weighted by molar-refractivity contribution is -0.107. The van der Waals surface area contributed by atoms with Crippen molar-refractivity contribution in [3.05, 3.63) is 114 Å². The predicted molar refractivity (Wildman–Crippen MR) is 243 cm³/mol. The Kier molecular flexibility index (Phi) is 12.4. The highest BCUT2D eigenvalue weighted by atomic mass is 19.1. The molecule has 320 valence electrons. The lowest BCUT2D eigenvalue weighted by Gasteiger charge is -2.40. The van der Waals surface area contributed by atoms with Gasteiger partial charge in [0.1, 0.15) is 11.6 Å². The number of hydrogen-bond acceptors (Lipinski definition) is 9. The second kappa shape index (κ2) is 18.0. The fourth-order valence-corrected chi connectivity index (χ4v) is 9.49. The van der Waals surface area contributed by atoms with Gasteiger partial charge in [0.15, 0.2) is 0 Å². The van der Waals surface area contributed by atoms with E-state index < -0.39 is 17.6 Å². The Morgan fingerprint density at radius 2 is 1.72 bits per heavy atom. The highest BCUT2D eigenvalue weighted by molar-refractivity contribution is 6.16. The van der Waals surface area contributed by atoms with Crippen LogP contribution in [0.2, 0.25) is 0 Å². The first-order chi connectivity index (χ1) is 29.5. The number of pyridine rings is 1. The zero-order valence-electron chi connectivity index (χ0n) is 35.8. The molecule has 2 aromatic carbocycles. The van der Waals surface area contributed by atoms with E-state index in [4.69, 9.17) is 9.98 Å². The van der Waals surface area contributed by atoms with Crippen molar-refractivity contribution in [1.82, 2.24) is 25.0 Å². The molecule has 11 nitrogen and oxygen atoms in total. The molecule has 0 spiro atoms. The van der Waals surface area contributed by atoms with E-state index >= 15 is 8.78 Å². The molecule has 8 rings (SSSR count). The van der Waals surface area contributed by atoms with Gasteiger partial charge in [0.25, 0.3) is 0 Å². The molecule has 2 atom stereocenters. The largest absolute Gasteiger partial charge is 0.369 e. The van der Waals surface area contributed by atoms with Crippen LogP contribution in [0.5, 0.6) is 0 Å². The van der Waals surface area contributed by atoms with Crippen molar-refractivity contribution in [1.29, 1.82) is 0 Å². The maximum absolute atomic E-state index is 15.5. The lowest BCUT2D eigenvalue weighted by atomic mass is 9.87. The van der Waals surface area contributed by atoms with Crippen molar-refractivity contribution in [2.75, 3.05) is 59.3 Å². The van der Waals surface area contributed by atoms with Crippen molar-refractivity contribution in [3.63, 3.8) is 0 Å². The highest BCUT2D eigenvalue weighted by Gasteiger charge is 2.31. The Morgan fingerprint density at radius 1 is 0.951 bits per heavy atom. The van der Waals surface area contributed by atoms with Crippen molar-refractivity contribution < 1.29 is 13.6 Å². The fraction of sp³-hybridized carbons (Fsp3) is 0.417. The van der Waals surface area contributed by atoms with E-state index in [1.807, 2.05) is 43.0 Å². The van der Waals surface area contributed by atoms with Crippen LogP contribution in [0.15, 0.2) is 84.8 Å². The van der Waals surface area contributed by atoms with Crippen LogP contribution in [-0.2, 0) is 18.3 Å². The van der Waals surface area contributed by atoms with Crippen LogP contribution < -0.4 is 25.3 Å². The zero-order chi connectivity index (χ0) is 42.8. The molecule has 4 aliphatic rings. The van der Waals surface area contributed by atoms with Gasteiger partial charge in [-0.1, -0.05) is 39.5 Å². The number of amides is 1. The van der Waals surface area contributed by atoms with Crippen molar-refractivity contribution >= 4 is 40.8 Å². The average Bonchev–Trinajstić information content (AvgIpc) is 3.78. The molecular weight excluding hydrogens is 771 g/mol. The second-order valence-electron chi connectivity index (χ2n) is 16.9. The SMILES string of the molecule is C=C1CC[C@H](c2c(F)cc(N3CCN([C@@H](CC)CCN(C=O)c4ccc5c(c4)N4CCCCCCc6c(cnn6C)-c6cc(cc(C)n6)C(=C)/N=C/4N5)CC3)cc2F)C(=C)N1. The smallest absolute Gasteiger partial charge is 0.214 e. The summed E-state index contributed by atoms with van der Waals surface area (Å²) < 4.78 is 33.0. The van der Waals surface area contributed by atoms with E-state index in [2.05, 4.69) is 69.2 Å². The van der Waals surface area contributed by atoms with Gasteiger partial charge in [-0.2, -0.15) is 5.10 Å². The Labute approximate surface area is 358 Å². The number of nitrogens with one attached hydrogen (secondary N) is 2. The second-order valence-corrected chi connectivity index (χ2v) is 16.9. The molecule has 2 fully saturated rings. The maximum atomic E-state index is 15.5. The van der Waals surface area contributed by atoms with Crippen LogP contribution in [0.25, 0.3) is 17.0 Å². The first-order valence-electron chi connectivity index (χ1n) is 21.8. The number of rotatable bonds is 9. The quantitative estimate of drug-likeness (QED) is 0.162. The number of piperazine rings is 1. The summed E-state index contributed by atoms with van der Waals surface area (Å²) in [4.78, 5) is 31.2. The van der Waals surface area contributed by atoms with Crippen LogP contribution in [-0.4, -0.2) is 77.3 Å². The van der Waals surface area contributed by atoms with Crippen LogP contribution in [0.4, 0.5) is 31.5 Å². The minimum Gasteiger partial charge on any atom is -0.369 e. The number of allylic oxidation sites excluding steroid dienone is 2. The lowest BCUT2D eigenvalue weighted by Crippen LogP contribution is -2.51. The number of aryl methyl sites for hydroxylation is 2. The number of aromatic nitrogens is 3. The molecule has 2 bridgehead atoms. The topological polar surface area (TPSA) is 97.2 Å². The van der Waals surface area contributed by atoms with Gasteiger partial charge in [0.05, 0.1) is 29.0 Å². The molecule has 6 heterocycles. The summed E-state index contributed by atoms with van der Waals surface area (Å²) >= 11 is 0. The fourth-order valence-electron chi connectivity index (χ4n) is 9.49. The minimum absolute atomic E-state index is 0.0748. The molecule has 2 saturated heterocycles. The molecule has 2 N–H and O–H groups in total.